The number of carbonyl (C=O) groups excluding carboxylic acids is 3. The van der Waals surface area contributed by atoms with Crippen LogP contribution in [-0.2, 0) is 23.9 Å². The molecule has 0 aliphatic heterocycles. The van der Waals surface area contributed by atoms with E-state index in [-0.39, 0.29) is 29.6 Å². The molecule has 21 heavy (non-hydrogen) atoms. The minimum absolute atomic E-state index is 0.150. The van der Waals surface area contributed by atoms with E-state index in [2.05, 4.69) is 18.2 Å². The molecular weight excluding hydrogens is 272 g/mol. The van der Waals surface area contributed by atoms with Crippen LogP contribution in [0.15, 0.2) is 12.7 Å². The highest BCUT2D eigenvalue weighted by molar-refractivity contribution is 5.87. The van der Waals surface area contributed by atoms with Crippen molar-refractivity contribution in [1.29, 1.82) is 0 Å². The van der Waals surface area contributed by atoms with Crippen molar-refractivity contribution in [3.05, 3.63) is 12.7 Å². The quantitative estimate of drug-likeness (QED) is 0.580. The lowest BCUT2D eigenvalue weighted by atomic mass is 9.50. The maximum absolute atomic E-state index is 12.4. The molecule has 4 saturated carbocycles. The van der Waals surface area contributed by atoms with Gasteiger partial charge in [-0.3, -0.25) is 4.79 Å². The lowest BCUT2D eigenvalue weighted by molar-refractivity contribution is -0.184. The molecule has 114 valence electrons. The number of rotatable bonds is 4. The first kappa shape index (κ1) is 14.3. The van der Waals surface area contributed by atoms with Gasteiger partial charge >= 0.3 is 11.9 Å². The Balaban J connectivity index is 1.62. The van der Waals surface area contributed by atoms with Gasteiger partial charge in [-0.15, -0.1) is 0 Å². The Morgan fingerprint density at radius 2 is 1.95 bits per heavy atom. The van der Waals surface area contributed by atoms with Crippen LogP contribution in [0.25, 0.3) is 0 Å². The van der Waals surface area contributed by atoms with Crippen molar-refractivity contribution < 1.29 is 23.9 Å². The Morgan fingerprint density at radius 3 is 2.67 bits per heavy atom. The van der Waals surface area contributed by atoms with Crippen molar-refractivity contribution in [3.63, 3.8) is 0 Å². The molecule has 5 heteroatoms. The highest BCUT2D eigenvalue weighted by atomic mass is 16.6. The highest BCUT2D eigenvalue weighted by Crippen LogP contribution is 2.55. The summed E-state index contributed by atoms with van der Waals surface area (Å²) in [5, 5.41) is 0. The van der Waals surface area contributed by atoms with Gasteiger partial charge in [-0.25, -0.2) is 9.59 Å². The molecule has 0 aromatic rings. The Bertz CT molecular complexity index is 497. The van der Waals surface area contributed by atoms with Gasteiger partial charge in [-0.2, -0.15) is 0 Å². The third kappa shape index (κ3) is 2.39. The van der Waals surface area contributed by atoms with Gasteiger partial charge in [0.1, 0.15) is 11.9 Å². The van der Waals surface area contributed by atoms with E-state index in [1.807, 2.05) is 0 Å². The number of ether oxygens (including phenoxy) is 2. The van der Waals surface area contributed by atoms with Gasteiger partial charge in [0, 0.05) is 12.0 Å². The largest absolute Gasteiger partial charge is 0.459 e. The number of carbonyl (C=O) groups is 3. The molecule has 0 spiro atoms. The zero-order valence-corrected chi connectivity index (χ0v) is 12.1. The van der Waals surface area contributed by atoms with E-state index >= 15 is 0 Å². The second-order valence-corrected chi connectivity index (χ2v) is 6.47. The van der Waals surface area contributed by atoms with Crippen LogP contribution < -0.4 is 0 Å². The molecule has 6 atom stereocenters. The minimum Gasteiger partial charge on any atom is -0.459 e. The standard InChI is InChI=1S/C16H20O5/c1-3-13(17)20-7-14(18)21-16-10-4-9-5-12(16)15(19)11(6-10)8(9)2/h3,8-12,16H,1,4-7H2,2H3. The fraction of sp³-hybridized carbons (Fsp3) is 0.688. The van der Waals surface area contributed by atoms with Crippen molar-refractivity contribution in [2.45, 2.75) is 32.3 Å². The van der Waals surface area contributed by atoms with Crippen molar-refractivity contribution >= 4 is 17.7 Å². The van der Waals surface area contributed by atoms with Crippen LogP contribution in [0.4, 0.5) is 0 Å². The first-order valence-electron chi connectivity index (χ1n) is 7.53. The first-order valence-corrected chi connectivity index (χ1v) is 7.53. The molecule has 6 unspecified atom stereocenters. The third-order valence-electron chi connectivity index (χ3n) is 5.46. The van der Waals surface area contributed by atoms with Gasteiger partial charge in [0.15, 0.2) is 6.61 Å². The summed E-state index contributed by atoms with van der Waals surface area (Å²) in [5.41, 5.74) is 0. The Hall–Kier alpha value is -1.65. The van der Waals surface area contributed by atoms with Crippen LogP contribution in [0.3, 0.4) is 0 Å². The molecule has 0 N–H and O–H groups in total. The molecular formula is C16H20O5. The van der Waals surface area contributed by atoms with E-state index in [1.54, 1.807) is 0 Å². The molecule has 4 bridgehead atoms. The summed E-state index contributed by atoms with van der Waals surface area (Å²) in [6, 6.07) is 0. The zero-order chi connectivity index (χ0) is 15.1. The van der Waals surface area contributed by atoms with Crippen molar-refractivity contribution in [1.82, 2.24) is 0 Å². The zero-order valence-electron chi connectivity index (χ0n) is 12.1. The third-order valence-corrected chi connectivity index (χ3v) is 5.46. The van der Waals surface area contributed by atoms with E-state index in [4.69, 9.17) is 4.74 Å². The minimum atomic E-state index is -0.651. The average Bonchev–Trinajstić information content (AvgIpc) is 2.47. The SMILES string of the molecule is C=CC(=O)OCC(=O)OC1C2CC3CC1C(=O)C(C2)C3C. The lowest BCUT2D eigenvalue weighted by Crippen LogP contribution is -2.58. The second kappa shape index (κ2) is 5.28. The molecule has 4 rings (SSSR count). The van der Waals surface area contributed by atoms with Crippen molar-refractivity contribution in [3.8, 4) is 0 Å². The summed E-state index contributed by atoms with van der Waals surface area (Å²) in [6.07, 6.45) is 3.37. The number of hydrogen-bond donors (Lipinski definition) is 0. The summed E-state index contributed by atoms with van der Waals surface area (Å²) < 4.78 is 10.1. The molecule has 0 heterocycles. The van der Waals surface area contributed by atoms with Crippen LogP contribution >= 0.6 is 0 Å². The molecule has 4 aliphatic carbocycles. The monoisotopic (exact) mass is 292 g/mol. The molecule has 0 aromatic heterocycles. The molecule has 0 amide bonds. The normalized spacial score (nSPS) is 40.0. The number of ketones is 1. The average molecular weight is 292 g/mol. The Morgan fingerprint density at radius 1 is 1.24 bits per heavy atom. The maximum Gasteiger partial charge on any atom is 0.344 e. The van der Waals surface area contributed by atoms with Gasteiger partial charge < -0.3 is 9.47 Å². The topological polar surface area (TPSA) is 69.7 Å². The van der Waals surface area contributed by atoms with E-state index in [9.17, 15) is 14.4 Å². The van der Waals surface area contributed by atoms with Crippen LogP contribution in [0, 0.1) is 29.6 Å². The first-order chi connectivity index (χ1) is 10.0. The molecule has 0 saturated heterocycles. The smallest absolute Gasteiger partial charge is 0.344 e. The number of Topliss-reactive ketones (excluding diaryl/α,β-unsaturated/α-hetero) is 1. The molecule has 0 radical (unpaired) electrons. The van der Waals surface area contributed by atoms with Gasteiger partial charge in [0.25, 0.3) is 0 Å². The van der Waals surface area contributed by atoms with Gasteiger partial charge in [-0.1, -0.05) is 13.5 Å². The van der Waals surface area contributed by atoms with Crippen LogP contribution in [-0.4, -0.2) is 30.4 Å². The fourth-order valence-corrected chi connectivity index (χ4v) is 4.42. The van der Waals surface area contributed by atoms with Gasteiger partial charge in [0.2, 0.25) is 0 Å². The molecule has 0 aromatic carbocycles. The Kier molecular flexibility index (Phi) is 3.59. The van der Waals surface area contributed by atoms with Crippen LogP contribution in [0.5, 0.6) is 0 Å². The second-order valence-electron chi connectivity index (χ2n) is 6.47. The highest BCUT2D eigenvalue weighted by Gasteiger charge is 2.57. The maximum atomic E-state index is 12.4. The van der Waals surface area contributed by atoms with Gasteiger partial charge in [-0.05, 0) is 37.0 Å². The number of hydrogen-bond acceptors (Lipinski definition) is 5. The fourth-order valence-electron chi connectivity index (χ4n) is 4.42. The summed E-state index contributed by atoms with van der Waals surface area (Å²) in [7, 11) is 0. The summed E-state index contributed by atoms with van der Waals surface area (Å²) >= 11 is 0. The predicted octanol–water partition coefficient (Wildman–Crippen LogP) is 1.51. The van der Waals surface area contributed by atoms with E-state index in [0.29, 0.717) is 11.8 Å². The molecule has 4 aliphatic rings. The molecule has 4 fully saturated rings. The van der Waals surface area contributed by atoms with E-state index in [1.165, 1.54) is 0 Å². The van der Waals surface area contributed by atoms with E-state index in [0.717, 1.165) is 25.3 Å². The number of esters is 2. The van der Waals surface area contributed by atoms with Crippen molar-refractivity contribution in [2.24, 2.45) is 29.6 Å². The Labute approximate surface area is 123 Å². The van der Waals surface area contributed by atoms with Gasteiger partial charge in [0.05, 0.1) is 5.92 Å². The summed E-state index contributed by atoms with van der Waals surface area (Å²) in [4.78, 5) is 35.1. The summed E-state index contributed by atoms with van der Waals surface area (Å²) in [5.74, 6) is 0.372. The molecule has 5 nitrogen and oxygen atoms in total. The van der Waals surface area contributed by atoms with Crippen LogP contribution in [0.1, 0.15) is 26.2 Å². The summed E-state index contributed by atoms with van der Waals surface area (Å²) in [6.45, 7) is 5.01. The predicted molar refractivity (Wildman–Crippen MR) is 73.0 cm³/mol. The van der Waals surface area contributed by atoms with E-state index < -0.39 is 18.5 Å². The van der Waals surface area contributed by atoms with Crippen molar-refractivity contribution in [2.75, 3.05) is 6.61 Å². The van der Waals surface area contributed by atoms with Crippen LogP contribution in [0.2, 0.25) is 0 Å². The lowest BCUT2D eigenvalue weighted by Gasteiger charge is -2.55.